The van der Waals surface area contributed by atoms with Gasteiger partial charge in [-0.15, -0.1) is 0 Å². The fourth-order valence-corrected chi connectivity index (χ4v) is 7.19. The highest BCUT2D eigenvalue weighted by atomic mass is 35.5. The Balaban J connectivity index is 1.28. The molecule has 1 aliphatic rings. The highest BCUT2D eigenvalue weighted by Crippen LogP contribution is 2.43. The summed E-state index contributed by atoms with van der Waals surface area (Å²) in [5.41, 5.74) is 6.64. The third kappa shape index (κ3) is 7.68. The van der Waals surface area contributed by atoms with Crippen LogP contribution in [0.5, 0.6) is 11.5 Å². The maximum atomic E-state index is 11.5. The van der Waals surface area contributed by atoms with Crippen molar-refractivity contribution in [1.82, 2.24) is 25.9 Å². The summed E-state index contributed by atoms with van der Waals surface area (Å²) < 4.78 is 11.5. The van der Waals surface area contributed by atoms with E-state index in [1.54, 1.807) is 27.3 Å². The van der Waals surface area contributed by atoms with Crippen molar-refractivity contribution < 1.29 is 19.4 Å². The number of carbonyl (C=O) groups is 1. The number of ether oxygens (including phenoxy) is 2. The largest absolute Gasteiger partial charge is 0.496 e. The number of rotatable bonds is 13. The van der Waals surface area contributed by atoms with Crippen LogP contribution in [-0.2, 0) is 17.9 Å². The summed E-state index contributed by atoms with van der Waals surface area (Å²) >= 11 is 21.0. The second-order valence-corrected chi connectivity index (χ2v) is 13.4. The van der Waals surface area contributed by atoms with Gasteiger partial charge < -0.3 is 30.5 Å². The monoisotopic (exact) mass is 733 g/mol. The number of methoxy groups -OCH3 is 2. The Hall–Kier alpha value is -3.96. The molecule has 12 heteroatoms. The summed E-state index contributed by atoms with van der Waals surface area (Å²) in [6.07, 6.45) is 2.65. The number of nitrogens with one attached hydrogen (secondary N) is 3. The zero-order valence-corrected chi connectivity index (χ0v) is 30.2. The van der Waals surface area contributed by atoms with Crippen LogP contribution < -0.4 is 25.4 Å². The molecular formula is C38H38Cl3N5O4. The number of carbonyl (C=O) groups excluding carboxylic acids is 1. The van der Waals surface area contributed by atoms with E-state index < -0.39 is 6.10 Å². The van der Waals surface area contributed by atoms with Gasteiger partial charge in [0.05, 0.1) is 52.3 Å². The second-order valence-electron chi connectivity index (χ2n) is 12.3. The van der Waals surface area contributed by atoms with Gasteiger partial charge in [0.1, 0.15) is 11.5 Å². The Morgan fingerprint density at radius 1 is 0.940 bits per heavy atom. The Morgan fingerprint density at radius 3 is 2.46 bits per heavy atom. The number of aliphatic hydroxyl groups is 1. The van der Waals surface area contributed by atoms with Crippen LogP contribution in [0.25, 0.3) is 44.5 Å². The molecule has 6 rings (SSSR count). The molecule has 50 heavy (non-hydrogen) atoms. The lowest BCUT2D eigenvalue weighted by Gasteiger charge is -2.16. The van der Waals surface area contributed by atoms with Crippen molar-refractivity contribution in [1.29, 1.82) is 0 Å². The number of aliphatic hydroxyl groups excluding tert-OH is 1. The van der Waals surface area contributed by atoms with E-state index in [1.165, 1.54) is 0 Å². The van der Waals surface area contributed by atoms with Gasteiger partial charge in [0.25, 0.3) is 0 Å². The van der Waals surface area contributed by atoms with E-state index in [1.807, 2.05) is 60.7 Å². The van der Waals surface area contributed by atoms with Crippen LogP contribution in [0, 0.1) is 0 Å². The Bertz CT molecular complexity index is 2040. The fourth-order valence-electron chi connectivity index (χ4n) is 6.26. The normalized spacial score (nSPS) is 14.9. The second kappa shape index (κ2) is 15.9. The highest BCUT2D eigenvalue weighted by molar-refractivity contribution is 6.39. The number of hydrogen-bond acceptors (Lipinski definition) is 8. The van der Waals surface area contributed by atoms with Crippen molar-refractivity contribution >= 4 is 51.6 Å². The van der Waals surface area contributed by atoms with Gasteiger partial charge >= 0.3 is 0 Å². The average Bonchev–Trinajstić information content (AvgIpc) is 3.53. The molecule has 3 heterocycles. The van der Waals surface area contributed by atoms with Crippen LogP contribution >= 0.6 is 34.8 Å². The van der Waals surface area contributed by atoms with Crippen molar-refractivity contribution in [2.75, 3.05) is 27.3 Å². The van der Waals surface area contributed by atoms with Gasteiger partial charge in [-0.2, -0.15) is 0 Å². The Labute approximate surface area is 306 Å². The average molecular weight is 735 g/mol. The van der Waals surface area contributed by atoms with Crippen molar-refractivity contribution in [2.45, 2.75) is 45.0 Å². The number of benzene rings is 3. The molecule has 0 bridgehead atoms. The molecule has 260 valence electrons. The number of nitrogens with zero attached hydrogens (tertiary/aromatic N) is 2. The van der Waals surface area contributed by atoms with Crippen molar-refractivity contribution in [3.8, 4) is 45.1 Å². The highest BCUT2D eigenvalue weighted by Gasteiger charge is 2.21. The molecule has 0 radical (unpaired) electrons. The lowest BCUT2D eigenvalue weighted by Crippen LogP contribution is -2.35. The zero-order chi connectivity index (χ0) is 35.4. The molecule has 1 amide bonds. The number of amides is 1. The van der Waals surface area contributed by atoms with Crippen LogP contribution in [0.2, 0.25) is 15.1 Å². The summed E-state index contributed by atoms with van der Waals surface area (Å²) in [5.74, 6) is 1.47. The molecular weight excluding hydrogens is 697 g/mol. The standard InChI is InChI=1S/C38H38Cl3N5O4/c1-21(47)17-42-19-24-15-30(39)37-29(38(24)50-3)10-11-31(46-37)28-6-4-5-26(34(28)40)27-13-14-44-36(35(27)41)22-7-8-23(32(16-22)49-2)18-43-20-25-9-12-33(48)45-25/h4-8,10-11,13-16,21,25,42-43,47H,9,12,17-20H2,1-3H3,(H,45,48)/t21-,25+/m1/s1. The first-order chi connectivity index (χ1) is 24.2. The quantitative estimate of drug-likeness (QED) is 0.0987. The van der Waals surface area contributed by atoms with E-state index in [4.69, 9.17) is 49.3 Å². The molecule has 4 N–H and O–H groups in total. The smallest absolute Gasteiger partial charge is 0.220 e. The fraction of sp³-hybridized carbons (Fsp3) is 0.289. The summed E-state index contributed by atoms with van der Waals surface area (Å²) in [7, 11) is 3.25. The first-order valence-electron chi connectivity index (χ1n) is 16.3. The minimum absolute atomic E-state index is 0.100. The van der Waals surface area contributed by atoms with Gasteiger partial charge in [0.15, 0.2) is 0 Å². The molecule has 0 saturated carbocycles. The molecule has 0 unspecified atom stereocenters. The molecule has 1 saturated heterocycles. The van der Waals surface area contributed by atoms with E-state index in [0.29, 0.717) is 81.6 Å². The predicted octanol–water partition coefficient (Wildman–Crippen LogP) is 7.45. The van der Waals surface area contributed by atoms with Gasteiger partial charge in [-0.1, -0.05) is 65.1 Å². The summed E-state index contributed by atoms with van der Waals surface area (Å²) in [6.45, 7) is 3.91. The van der Waals surface area contributed by atoms with Gasteiger partial charge in [0.2, 0.25) is 5.91 Å². The van der Waals surface area contributed by atoms with Crippen LogP contribution in [0.4, 0.5) is 0 Å². The van der Waals surface area contributed by atoms with Crippen LogP contribution in [-0.4, -0.2) is 60.4 Å². The molecule has 3 aromatic carbocycles. The minimum Gasteiger partial charge on any atom is -0.496 e. The van der Waals surface area contributed by atoms with Gasteiger partial charge in [-0.3, -0.25) is 9.78 Å². The number of hydrogen-bond donors (Lipinski definition) is 4. The summed E-state index contributed by atoms with van der Waals surface area (Å²) in [5, 5.41) is 21.4. The topological polar surface area (TPSA) is 118 Å². The minimum atomic E-state index is -0.474. The van der Waals surface area contributed by atoms with Gasteiger partial charge in [0, 0.05) is 83.6 Å². The van der Waals surface area contributed by atoms with E-state index in [0.717, 1.165) is 39.6 Å². The van der Waals surface area contributed by atoms with Gasteiger partial charge in [-0.25, -0.2) is 4.98 Å². The zero-order valence-electron chi connectivity index (χ0n) is 27.9. The molecule has 2 atom stereocenters. The van der Waals surface area contributed by atoms with E-state index in [9.17, 15) is 9.90 Å². The summed E-state index contributed by atoms with van der Waals surface area (Å²) in [6, 6.07) is 19.3. The molecule has 2 aromatic heterocycles. The maximum absolute atomic E-state index is 11.5. The van der Waals surface area contributed by atoms with Gasteiger partial charge in [-0.05, 0) is 43.7 Å². The molecule has 1 aliphatic heterocycles. The van der Waals surface area contributed by atoms with E-state index >= 15 is 0 Å². The van der Waals surface area contributed by atoms with E-state index in [-0.39, 0.29) is 11.9 Å². The van der Waals surface area contributed by atoms with Crippen molar-refractivity contribution in [2.24, 2.45) is 0 Å². The number of aromatic nitrogens is 2. The van der Waals surface area contributed by atoms with Crippen LogP contribution in [0.1, 0.15) is 30.9 Å². The van der Waals surface area contributed by atoms with Crippen molar-refractivity contribution in [3.05, 3.63) is 93.1 Å². The molecule has 0 spiro atoms. The summed E-state index contributed by atoms with van der Waals surface area (Å²) in [4.78, 5) is 21.1. The molecule has 0 aliphatic carbocycles. The van der Waals surface area contributed by atoms with Crippen molar-refractivity contribution in [3.63, 3.8) is 0 Å². The maximum Gasteiger partial charge on any atom is 0.220 e. The van der Waals surface area contributed by atoms with E-state index in [2.05, 4.69) is 20.9 Å². The van der Waals surface area contributed by atoms with Crippen LogP contribution in [0.15, 0.2) is 66.9 Å². The molecule has 1 fully saturated rings. The Morgan fingerprint density at radius 2 is 1.72 bits per heavy atom. The first kappa shape index (κ1) is 35.9. The number of pyridine rings is 2. The first-order valence-corrected chi connectivity index (χ1v) is 17.5. The predicted molar refractivity (Wildman–Crippen MR) is 200 cm³/mol. The number of fused-ring (bicyclic) bond motifs is 1. The SMILES string of the molecule is COc1cc(-c2nccc(-c3cccc(-c4ccc5c(OC)c(CNC[C@@H](C)O)cc(Cl)c5n4)c3Cl)c2Cl)ccc1CNC[C@@H]1CCC(=O)N1. The lowest BCUT2D eigenvalue weighted by atomic mass is 9.99. The third-order valence-electron chi connectivity index (χ3n) is 8.72. The lowest BCUT2D eigenvalue weighted by molar-refractivity contribution is -0.119. The molecule has 9 nitrogen and oxygen atoms in total. The Kier molecular flexibility index (Phi) is 11.4. The van der Waals surface area contributed by atoms with Crippen LogP contribution in [0.3, 0.4) is 0 Å². The molecule has 5 aromatic rings. The third-order valence-corrected chi connectivity index (χ3v) is 9.80. The number of halogens is 3.